The highest BCUT2D eigenvalue weighted by atomic mass is 79.9. The number of amides is 1. The van der Waals surface area contributed by atoms with Gasteiger partial charge in [-0.1, -0.05) is 15.9 Å². The molecule has 0 aliphatic rings. The van der Waals surface area contributed by atoms with Crippen LogP contribution in [0.3, 0.4) is 0 Å². The van der Waals surface area contributed by atoms with Crippen molar-refractivity contribution >= 4 is 27.5 Å². The zero-order valence-electron chi connectivity index (χ0n) is 15.9. The molecule has 1 amide bonds. The maximum absolute atomic E-state index is 12.5. The largest absolute Gasteiger partial charge is 0.497 e. The SMILES string of the molecule is CCOc1cc(Br)c(CC(=O)Nc2ccc(OC)cc2OC)cc1OCC. The van der Waals surface area contributed by atoms with Gasteiger partial charge in [-0.2, -0.15) is 0 Å². The van der Waals surface area contributed by atoms with E-state index in [-0.39, 0.29) is 12.3 Å². The summed E-state index contributed by atoms with van der Waals surface area (Å²) in [6, 6.07) is 8.87. The second-order valence-corrected chi connectivity index (χ2v) is 6.40. The molecule has 0 atom stereocenters. The van der Waals surface area contributed by atoms with Gasteiger partial charge in [0.05, 0.1) is 39.5 Å². The molecule has 0 saturated heterocycles. The van der Waals surface area contributed by atoms with Crippen molar-refractivity contribution in [3.8, 4) is 23.0 Å². The number of methoxy groups -OCH3 is 2. The third-order valence-corrected chi connectivity index (χ3v) is 4.48. The van der Waals surface area contributed by atoms with Gasteiger partial charge in [-0.3, -0.25) is 4.79 Å². The Kier molecular flexibility index (Phi) is 7.79. The molecule has 27 heavy (non-hydrogen) atoms. The lowest BCUT2D eigenvalue weighted by molar-refractivity contribution is -0.115. The zero-order chi connectivity index (χ0) is 19.8. The first-order valence-corrected chi connectivity index (χ1v) is 9.41. The van der Waals surface area contributed by atoms with Crippen molar-refractivity contribution in [2.24, 2.45) is 0 Å². The van der Waals surface area contributed by atoms with Crippen LogP contribution < -0.4 is 24.3 Å². The number of hydrogen-bond acceptors (Lipinski definition) is 5. The first kappa shape index (κ1) is 20.9. The molecule has 2 aromatic carbocycles. The van der Waals surface area contributed by atoms with Crippen LogP contribution in [-0.2, 0) is 11.2 Å². The Morgan fingerprint density at radius 1 is 0.963 bits per heavy atom. The predicted molar refractivity (Wildman–Crippen MR) is 108 cm³/mol. The van der Waals surface area contributed by atoms with E-state index in [4.69, 9.17) is 18.9 Å². The number of anilines is 1. The molecule has 0 aromatic heterocycles. The van der Waals surface area contributed by atoms with Crippen LogP contribution in [0.25, 0.3) is 0 Å². The molecule has 0 fully saturated rings. The molecule has 2 aromatic rings. The van der Waals surface area contributed by atoms with Gasteiger partial charge in [0.2, 0.25) is 5.91 Å². The maximum atomic E-state index is 12.5. The summed E-state index contributed by atoms with van der Waals surface area (Å²) < 4.78 is 22.5. The molecule has 0 bridgehead atoms. The monoisotopic (exact) mass is 437 g/mol. The Bertz CT molecular complexity index is 794. The van der Waals surface area contributed by atoms with Crippen molar-refractivity contribution in [1.82, 2.24) is 0 Å². The molecule has 146 valence electrons. The van der Waals surface area contributed by atoms with Crippen molar-refractivity contribution in [2.45, 2.75) is 20.3 Å². The molecule has 0 spiro atoms. The van der Waals surface area contributed by atoms with E-state index < -0.39 is 0 Å². The Morgan fingerprint density at radius 2 is 1.63 bits per heavy atom. The summed E-state index contributed by atoms with van der Waals surface area (Å²) in [5.41, 5.74) is 1.38. The summed E-state index contributed by atoms with van der Waals surface area (Å²) in [7, 11) is 3.12. The van der Waals surface area contributed by atoms with E-state index in [2.05, 4.69) is 21.2 Å². The first-order valence-electron chi connectivity index (χ1n) is 8.62. The highest BCUT2D eigenvalue weighted by molar-refractivity contribution is 9.10. The summed E-state index contributed by atoms with van der Waals surface area (Å²) in [6.45, 7) is 4.85. The number of hydrogen-bond donors (Lipinski definition) is 1. The number of rotatable bonds is 9. The van der Waals surface area contributed by atoms with Gasteiger partial charge in [0.1, 0.15) is 11.5 Å². The topological polar surface area (TPSA) is 66.0 Å². The van der Waals surface area contributed by atoms with E-state index in [0.717, 1.165) is 10.0 Å². The van der Waals surface area contributed by atoms with Crippen LogP contribution in [0.1, 0.15) is 19.4 Å². The maximum Gasteiger partial charge on any atom is 0.228 e. The highest BCUT2D eigenvalue weighted by Gasteiger charge is 2.15. The van der Waals surface area contributed by atoms with Gasteiger partial charge in [0, 0.05) is 10.5 Å². The summed E-state index contributed by atoms with van der Waals surface area (Å²) in [5, 5.41) is 2.87. The Morgan fingerprint density at radius 3 is 2.22 bits per heavy atom. The van der Waals surface area contributed by atoms with E-state index >= 15 is 0 Å². The van der Waals surface area contributed by atoms with Crippen molar-refractivity contribution < 1.29 is 23.7 Å². The summed E-state index contributed by atoms with van der Waals surface area (Å²) >= 11 is 3.51. The highest BCUT2D eigenvalue weighted by Crippen LogP contribution is 2.35. The predicted octanol–water partition coefficient (Wildman–Crippen LogP) is 4.44. The fraction of sp³-hybridized carbons (Fsp3) is 0.350. The Hall–Kier alpha value is -2.41. The molecular weight excluding hydrogens is 414 g/mol. The molecule has 0 aliphatic carbocycles. The fourth-order valence-corrected chi connectivity index (χ4v) is 2.98. The van der Waals surface area contributed by atoms with Gasteiger partial charge >= 0.3 is 0 Å². The molecule has 0 aliphatic heterocycles. The minimum absolute atomic E-state index is 0.169. The average Bonchev–Trinajstić information content (AvgIpc) is 2.66. The number of halogens is 1. The quantitative estimate of drug-likeness (QED) is 0.627. The molecule has 1 N–H and O–H groups in total. The third-order valence-electron chi connectivity index (χ3n) is 3.75. The van der Waals surface area contributed by atoms with Gasteiger partial charge in [0.25, 0.3) is 0 Å². The minimum Gasteiger partial charge on any atom is -0.497 e. The van der Waals surface area contributed by atoms with E-state index in [0.29, 0.717) is 41.9 Å². The van der Waals surface area contributed by atoms with Crippen LogP contribution in [0.4, 0.5) is 5.69 Å². The second kappa shape index (κ2) is 10.1. The molecule has 7 heteroatoms. The zero-order valence-corrected chi connectivity index (χ0v) is 17.5. The second-order valence-electron chi connectivity index (χ2n) is 5.55. The van der Waals surface area contributed by atoms with Crippen molar-refractivity contribution in [3.63, 3.8) is 0 Å². The van der Waals surface area contributed by atoms with Gasteiger partial charge in [-0.15, -0.1) is 0 Å². The fourth-order valence-electron chi connectivity index (χ4n) is 2.52. The first-order chi connectivity index (χ1) is 13.0. The summed E-state index contributed by atoms with van der Waals surface area (Å²) in [6.07, 6.45) is 0.169. The normalized spacial score (nSPS) is 10.3. The lowest BCUT2D eigenvalue weighted by Gasteiger charge is -2.15. The van der Waals surface area contributed by atoms with Crippen LogP contribution in [0.15, 0.2) is 34.8 Å². The van der Waals surface area contributed by atoms with E-state index in [9.17, 15) is 4.79 Å². The lowest BCUT2D eigenvalue weighted by atomic mass is 10.1. The van der Waals surface area contributed by atoms with Gasteiger partial charge in [-0.25, -0.2) is 0 Å². The summed E-state index contributed by atoms with van der Waals surface area (Å²) in [5.74, 6) is 2.27. The van der Waals surface area contributed by atoms with Crippen molar-refractivity contribution in [2.75, 3.05) is 32.8 Å². The number of carbonyl (C=O) groups excluding carboxylic acids is 1. The molecule has 2 rings (SSSR count). The van der Waals surface area contributed by atoms with Crippen molar-refractivity contribution in [1.29, 1.82) is 0 Å². The molecule has 0 heterocycles. The van der Waals surface area contributed by atoms with Crippen LogP contribution in [-0.4, -0.2) is 33.3 Å². The smallest absolute Gasteiger partial charge is 0.228 e. The van der Waals surface area contributed by atoms with Crippen LogP contribution in [0.5, 0.6) is 23.0 Å². The number of carbonyl (C=O) groups is 1. The number of ether oxygens (including phenoxy) is 4. The van der Waals surface area contributed by atoms with Crippen LogP contribution >= 0.6 is 15.9 Å². The minimum atomic E-state index is -0.175. The van der Waals surface area contributed by atoms with E-state index in [1.807, 2.05) is 26.0 Å². The third kappa shape index (κ3) is 5.53. The van der Waals surface area contributed by atoms with Crippen LogP contribution in [0.2, 0.25) is 0 Å². The number of nitrogens with one attached hydrogen (secondary N) is 1. The molecule has 0 unspecified atom stereocenters. The number of benzene rings is 2. The molecule has 0 saturated carbocycles. The van der Waals surface area contributed by atoms with Crippen molar-refractivity contribution in [3.05, 3.63) is 40.4 Å². The molecule has 0 radical (unpaired) electrons. The van der Waals surface area contributed by atoms with E-state index in [1.165, 1.54) is 0 Å². The van der Waals surface area contributed by atoms with E-state index in [1.54, 1.807) is 32.4 Å². The average molecular weight is 438 g/mol. The molecular formula is C20H24BrNO5. The summed E-state index contributed by atoms with van der Waals surface area (Å²) in [4.78, 5) is 12.5. The van der Waals surface area contributed by atoms with Gasteiger partial charge < -0.3 is 24.3 Å². The standard InChI is InChI=1S/C20H24BrNO5/c1-5-26-18-9-13(15(21)12-19(18)27-6-2)10-20(23)22-16-8-7-14(24-3)11-17(16)25-4/h7-9,11-12H,5-6,10H2,1-4H3,(H,22,23). The Balaban J connectivity index is 2.19. The Labute approximate surface area is 167 Å². The lowest BCUT2D eigenvalue weighted by Crippen LogP contribution is -2.15. The van der Waals surface area contributed by atoms with Gasteiger partial charge in [-0.05, 0) is 43.7 Å². The van der Waals surface area contributed by atoms with Crippen LogP contribution in [0, 0.1) is 0 Å². The van der Waals surface area contributed by atoms with Gasteiger partial charge in [0.15, 0.2) is 11.5 Å². The molecule has 6 nitrogen and oxygen atoms in total.